The summed E-state index contributed by atoms with van der Waals surface area (Å²) >= 11 is 0. The van der Waals surface area contributed by atoms with E-state index in [0.29, 0.717) is 28.2 Å². The Bertz CT molecular complexity index is 1040. The van der Waals surface area contributed by atoms with Crippen molar-refractivity contribution >= 4 is 11.6 Å². The third-order valence-corrected chi connectivity index (χ3v) is 5.34. The maximum absolute atomic E-state index is 13.5. The summed E-state index contributed by atoms with van der Waals surface area (Å²) in [5, 5.41) is 3.27. The minimum atomic E-state index is -1.47. The van der Waals surface area contributed by atoms with Crippen LogP contribution in [0, 0.1) is 0 Å². The zero-order chi connectivity index (χ0) is 20.4. The Labute approximate surface area is 169 Å². The zero-order valence-corrected chi connectivity index (χ0v) is 16.3. The summed E-state index contributed by atoms with van der Waals surface area (Å²) in [7, 11) is 3.17. The van der Waals surface area contributed by atoms with Gasteiger partial charge in [0, 0.05) is 23.2 Å². The topological polar surface area (TPSA) is 64.6 Å². The summed E-state index contributed by atoms with van der Waals surface area (Å²) in [6, 6.07) is 21.5. The van der Waals surface area contributed by atoms with Crippen LogP contribution in [0.1, 0.15) is 31.8 Å². The second-order valence-electron chi connectivity index (χ2n) is 6.85. The quantitative estimate of drug-likeness (QED) is 0.653. The van der Waals surface area contributed by atoms with Crippen molar-refractivity contribution in [1.29, 1.82) is 0 Å². The van der Waals surface area contributed by atoms with Gasteiger partial charge >= 0.3 is 0 Å². The highest BCUT2D eigenvalue weighted by molar-refractivity contribution is 6.32. The fourth-order valence-electron chi connectivity index (χ4n) is 3.85. The van der Waals surface area contributed by atoms with Crippen LogP contribution in [0.3, 0.4) is 0 Å². The number of hydrogen-bond acceptors (Lipinski definition) is 5. The van der Waals surface area contributed by atoms with Crippen molar-refractivity contribution in [2.24, 2.45) is 0 Å². The van der Waals surface area contributed by atoms with E-state index in [1.165, 1.54) is 0 Å². The van der Waals surface area contributed by atoms with Crippen molar-refractivity contribution in [3.05, 3.63) is 95.1 Å². The van der Waals surface area contributed by atoms with Crippen LogP contribution in [0.2, 0.25) is 0 Å². The molecule has 3 aromatic rings. The van der Waals surface area contributed by atoms with Gasteiger partial charge in [-0.1, -0.05) is 54.6 Å². The summed E-state index contributed by atoms with van der Waals surface area (Å²) in [6.07, 6.45) is 0. The molecule has 0 aromatic heterocycles. The molecule has 0 saturated carbocycles. The first kappa shape index (κ1) is 18.9. The maximum atomic E-state index is 13.5. The lowest BCUT2D eigenvalue weighted by molar-refractivity contribution is 0.0752. The van der Waals surface area contributed by atoms with E-state index in [9.17, 15) is 9.59 Å². The van der Waals surface area contributed by atoms with E-state index in [4.69, 9.17) is 9.47 Å². The third-order valence-electron chi connectivity index (χ3n) is 5.34. The minimum absolute atomic E-state index is 0.244. The number of benzene rings is 3. The number of ether oxygens (including phenoxy) is 2. The number of methoxy groups -OCH3 is 2. The number of carbonyl (C=O) groups is 2. The van der Waals surface area contributed by atoms with Gasteiger partial charge in [0.05, 0.1) is 14.2 Å². The number of carbonyl (C=O) groups excluding carboxylic acids is 2. The normalized spacial score (nSPS) is 14.6. The molecule has 4 rings (SSSR count). The molecule has 3 aromatic carbocycles. The van der Waals surface area contributed by atoms with Gasteiger partial charge in [-0.25, -0.2) is 0 Å². The van der Waals surface area contributed by atoms with Gasteiger partial charge in [0.15, 0.2) is 17.1 Å². The predicted octanol–water partition coefficient (Wildman–Crippen LogP) is 3.77. The van der Waals surface area contributed by atoms with Crippen molar-refractivity contribution in [3.63, 3.8) is 0 Å². The molecule has 5 nitrogen and oxygen atoms in total. The van der Waals surface area contributed by atoms with Crippen LogP contribution in [0.5, 0.6) is 11.5 Å². The number of ketones is 2. The van der Waals surface area contributed by atoms with Gasteiger partial charge in [-0.15, -0.1) is 0 Å². The van der Waals surface area contributed by atoms with E-state index in [0.717, 1.165) is 5.56 Å². The van der Waals surface area contributed by atoms with Gasteiger partial charge in [-0.3, -0.25) is 14.9 Å². The highest BCUT2D eigenvalue weighted by Gasteiger charge is 2.53. The molecule has 0 heterocycles. The van der Waals surface area contributed by atoms with Crippen LogP contribution in [0.25, 0.3) is 0 Å². The van der Waals surface area contributed by atoms with E-state index >= 15 is 0 Å². The number of fused-ring (bicyclic) bond motifs is 1. The third kappa shape index (κ3) is 3.00. The summed E-state index contributed by atoms with van der Waals surface area (Å²) in [4.78, 5) is 27.0. The van der Waals surface area contributed by atoms with E-state index in [2.05, 4.69) is 5.32 Å². The summed E-state index contributed by atoms with van der Waals surface area (Å²) in [5.74, 6) is 0.831. The molecule has 0 bridgehead atoms. The zero-order valence-electron chi connectivity index (χ0n) is 16.3. The summed E-state index contributed by atoms with van der Waals surface area (Å²) in [5.41, 5.74) is 0.809. The predicted molar refractivity (Wildman–Crippen MR) is 110 cm³/mol. The van der Waals surface area contributed by atoms with Crippen LogP contribution < -0.4 is 14.8 Å². The summed E-state index contributed by atoms with van der Waals surface area (Å²) < 4.78 is 10.8. The summed E-state index contributed by atoms with van der Waals surface area (Å²) in [6.45, 7) is 0.251. The molecule has 1 aliphatic carbocycles. The Balaban J connectivity index is 1.79. The molecular formula is C24H21NO4. The lowest BCUT2D eigenvalue weighted by atomic mass is 9.84. The Morgan fingerprint density at radius 1 is 0.793 bits per heavy atom. The molecule has 1 N–H and O–H groups in total. The molecule has 5 heteroatoms. The van der Waals surface area contributed by atoms with Gasteiger partial charge in [0.25, 0.3) is 0 Å². The highest BCUT2D eigenvalue weighted by atomic mass is 16.5. The van der Waals surface area contributed by atoms with E-state index in [1.54, 1.807) is 62.8 Å². The van der Waals surface area contributed by atoms with Gasteiger partial charge in [-0.05, 0) is 23.8 Å². The molecule has 29 heavy (non-hydrogen) atoms. The van der Waals surface area contributed by atoms with Crippen LogP contribution in [0.4, 0.5) is 0 Å². The van der Waals surface area contributed by atoms with Crippen LogP contribution in [-0.4, -0.2) is 25.8 Å². The molecule has 0 saturated heterocycles. The van der Waals surface area contributed by atoms with E-state index in [-0.39, 0.29) is 18.1 Å². The second-order valence-corrected chi connectivity index (χ2v) is 6.85. The van der Waals surface area contributed by atoms with Gasteiger partial charge in [0.1, 0.15) is 11.5 Å². The molecular weight excluding hydrogens is 366 g/mol. The maximum Gasteiger partial charge on any atom is 0.196 e. The molecule has 0 spiro atoms. The molecule has 146 valence electrons. The second kappa shape index (κ2) is 7.53. The fourth-order valence-corrected chi connectivity index (χ4v) is 3.85. The van der Waals surface area contributed by atoms with Crippen molar-refractivity contribution in [2.75, 3.05) is 14.2 Å². The standard InChI is InChI=1S/C24H21NO4/c1-28-18-12-13-21(29-2)16(14-18)15-25-24(17-8-4-3-5-9-17)22(26)19-10-6-7-11-20(19)23(24)27/h3-14,25H,15H2,1-2H3. The first-order chi connectivity index (χ1) is 14.1. The van der Waals surface area contributed by atoms with E-state index in [1.807, 2.05) is 24.3 Å². The van der Waals surface area contributed by atoms with E-state index < -0.39 is 5.54 Å². The smallest absolute Gasteiger partial charge is 0.196 e. The Kier molecular flexibility index (Phi) is 4.91. The first-order valence-corrected chi connectivity index (χ1v) is 9.32. The largest absolute Gasteiger partial charge is 0.497 e. The van der Waals surface area contributed by atoms with Gasteiger partial charge in [0.2, 0.25) is 0 Å². The SMILES string of the molecule is COc1ccc(OC)c(CNC2(c3ccccc3)C(=O)c3ccccc3C2=O)c1. The Morgan fingerprint density at radius 2 is 1.41 bits per heavy atom. The molecule has 1 aliphatic rings. The van der Waals surface area contributed by atoms with Crippen molar-refractivity contribution < 1.29 is 19.1 Å². The van der Waals surface area contributed by atoms with Gasteiger partial charge in [-0.2, -0.15) is 0 Å². The van der Waals surface area contributed by atoms with Crippen molar-refractivity contribution in [3.8, 4) is 11.5 Å². The Hall–Kier alpha value is -3.44. The number of hydrogen-bond donors (Lipinski definition) is 1. The average Bonchev–Trinajstić information content (AvgIpc) is 3.00. The number of nitrogens with one attached hydrogen (secondary N) is 1. The average molecular weight is 387 g/mol. The van der Waals surface area contributed by atoms with Crippen LogP contribution in [0.15, 0.2) is 72.8 Å². The van der Waals surface area contributed by atoms with Crippen molar-refractivity contribution in [1.82, 2.24) is 5.32 Å². The van der Waals surface area contributed by atoms with Crippen molar-refractivity contribution in [2.45, 2.75) is 12.1 Å². The molecule has 0 unspecified atom stereocenters. The van der Waals surface area contributed by atoms with Gasteiger partial charge < -0.3 is 9.47 Å². The molecule has 0 aliphatic heterocycles. The molecule has 0 radical (unpaired) electrons. The highest BCUT2D eigenvalue weighted by Crippen LogP contribution is 2.38. The van der Waals surface area contributed by atoms with Crippen LogP contribution >= 0.6 is 0 Å². The Morgan fingerprint density at radius 3 is 2.00 bits per heavy atom. The minimum Gasteiger partial charge on any atom is -0.497 e. The number of rotatable bonds is 6. The first-order valence-electron chi connectivity index (χ1n) is 9.32. The number of Topliss-reactive ketones (excluding diaryl/α,β-unsaturated/α-hetero) is 2. The molecule has 0 atom stereocenters. The lowest BCUT2D eigenvalue weighted by Crippen LogP contribution is -2.51. The lowest BCUT2D eigenvalue weighted by Gasteiger charge is -2.28. The fraction of sp³-hybridized carbons (Fsp3) is 0.167. The molecule has 0 amide bonds. The molecule has 0 fully saturated rings. The van der Waals surface area contributed by atoms with Crippen LogP contribution in [-0.2, 0) is 12.1 Å². The monoisotopic (exact) mass is 387 g/mol.